The number of carbonyl (C=O) groups excluding carboxylic acids is 1. The Kier molecular flexibility index (Phi) is 4.41. The molecule has 1 rings (SSSR count). The van der Waals surface area contributed by atoms with Crippen LogP contribution in [-0.4, -0.2) is 30.9 Å². The Balaban J connectivity index is 3.50. The molecule has 0 saturated carbocycles. The highest BCUT2D eigenvalue weighted by atomic mass is 19.4. The fourth-order valence-electron chi connectivity index (χ4n) is 1.43. The molecule has 124 valence electrons. The molecule has 22 heavy (non-hydrogen) atoms. The molecule has 1 aromatic carbocycles. The van der Waals surface area contributed by atoms with Gasteiger partial charge < -0.3 is 4.74 Å². The number of hydrogen-bond acceptors (Lipinski definition) is 2. The van der Waals surface area contributed by atoms with Gasteiger partial charge >= 0.3 is 18.0 Å². The number of methoxy groups -OCH3 is 1. The highest BCUT2D eigenvalue weighted by molar-refractivity contribution is 6.04. The van der Waals surface area contributed by atoms with E-state index in [9.17, 15) is 44.3 Å². The molecule has 0 unspecified atom stereocenters. The van der Waals surface area contributed by atoms with Gasteiger partial charge in [-0.15, -0.1) is 0 Å². The maximum absolute atomic E-state index is 13.2. The van der Waals surface area contributed by atoms with Crippen LogP contribution in [0.25, 0.3) is 0 Å². The molecule has 0 fully saturated rings. The molecule has 2 nitrogen and oxygen atoms in total. The summed E-state index contributed by atoms with van der Waals surface area (Å²) in [7, 11) is 0.618. The van der Waals surface area contributed by atoms with Gasteiger partial charge in [-0.25, -0.2) is 8.78 Å². The van der Waals surface area contributed by atoms with Crippen molar-refractivity contribution in [2.45, 2.75) is 18.0 Å². The lowest BCUT2D eigenvalue weighted by molar-refractivity contribution is -0.339. The summed E-state index contributed by atoms with van der Waals surface area (Å²) in [5.74, 6) is -20.9. The van der Waals surface area contributed by atoms with E-state index in [4.69, 9.17) is 0 Å². The molecular formula is C11H5F9O2. The average molecular weight is 340 g/mol. The number of alkyl halides is 7. The summed E-state index contributed by atoms with van der Waals surface area (Å²) < 4.78 is 118. The first-order chi connectivity index (χ1) is 9.77. The molecule has 0 aliphatic carbocycles. The summed E-state index contributed by atoms with van der Waals surface area (Å²) in [6.07, 6.45) is -6.76. The Hall–Kier alpha value is -1.94. The Morgan fingerprint density at radius 3 is 1.91 bits per heavy atom. The summed E-state index contributed by atoms with van der Waals surface area (Å²) in [5.41, 5.74) is -1.78. The molecule has 11 heteroatoms. The third-order valence-corrected chi connectivity index (χ3v) is 2.49. The molecule has 1 aromatic rings. The van der Waals surface area contributed by atoms with Gasteiger partial charge in [0.2, 0.25) is 5.78 Å². The van der Waals surface area contributed by atoms with E-state index in [1.807, 2.05) is 0 Å². The summed E-state index contributed by atoms with van der Waals surface area (Å²) in [6, 6.07) is -0.0692. The Morgan fingerprint density at radius 1 is 1.00 bits per heavy atom. The fourth-order valence-corrected chi connectivity index (χ4v) is 1.43. The van der Waals surface area contributed by atoms with Crippen LogP contribution >= 0.6 is 0 Å². The third kappa shape index (κ3) is 2.71. The first kappa shape index (κ1) is 18.1. The van der Waals surface area contributed by atoms with Crippen LogP contribution in [0.3, 0.4) is 0 Å². The second-order valence-electron chi connectivity index (χ2n) is 3.94. The molecule has 0 heterocycles. The van der Waals surface area contributed by atoms with Crippen LogP contribution in [0.15, 0.2) is 12.1 Å². The molecule has 0 radical (unpaired) electrons. The van der Waals surface area contributed by atoms with Crippen molar-refractivity contribution >= 4 is 5.78 Å². The molecular weight excluding hydrogens is 335 g/mol. The highest BCUT2D eigenvalue weighted by Gasteiger charge is 2.76. The minimum atomic E-state index is -6.76. The minimum Gasteiger partial charge on any atom is -0.493 e. The van der Waals surface area contributed by atoms with E-state index in [0.717, 1.165) is 0 Å². The number of ketones is 1. The second kappa shape index (κ2) is 5.36. The lowest BCUT2D eigenvalue weighted by Crippen LogP contribution is -2.56. The largest absolute Gasteiger partial charge is 0.493 e. The van der Waals surface area contributed by atoms with Crippen molar-refractivity contribution in [3.8, 4) is 5.75 Å². The van der Waals surface area contributed by atoms with Gasteiger partial charge in [-0.3, -0.25) is 4.79 Å². The first-order valence-corrected chi connectivity index (χ1v) is 5.17. The monoisotopic (exact) mass is 340 g/mol. The highest BCUT2D eigenvalue weighted by Crippen LogP contribution is 2.48. The molecule has 0 aliphatic rings. The summed E-state index contributed by atoms with van der Waals surface area (Å²) in [6.45, 7) is 0. The van der Waals surface area contributed by atoms with E-state index in [-0.39, 0.29) is 12.1 Å². The number of hydrogen-bond donors (Lipinski definition) is 0. The molecule has 0 bridgehead atoms. The molecule has 0 spiro atoms. The van der Waals surface area contributed by atoms with Gasteiger partial charge in [-0.1, -0.05) is 0 Å². The van der Waals surface area contributed by atoms with Crippen LogP contribution in [0.1, 0.15) is 10.4 Å². The minimum absolute atomic E-state index is 0.0651. The van der Waals surface area contributed by atoms with Crippen molar-refractivity contribution in [1.29, 1.82) is 0 Å². The first-order valence-electron chi connectivity index (χ1n) is 5.17. The maximum Gasteiger partial charge on any atom is 0.460 e. The zero-order valence-corrected chi connectivity index (χ0v) is 10.4. The van der Waals surface area contributed by atoms with Crippen molar-refractivity contribution in [3.05, 3.63) is 29.3 Å². The van der Waals surface area contributed by atoms with E-state index in [0.29, 0.717) is 7.11 Å². The van der Waals surface area contributed by atoms with E-state index in [2.05, 4.69) is 4.74 Å². The van der Waals surface area contributed by atoms with Crippen LogP contribution in [0.2, 0.25) is 0 Å². The normalized spacial score (nSPS) is 13.2. The van der Waals surface area contributed by atoms with Gasteiger partial charge in [0, 0.05) is 6.07 Å². The van der Waals surface area contributed by atoms with Gasteiger partial charge in [0.25, 0.3) is 0 Å². The number of rotatable bonds is 4. The van der Waals surface area contributed by atoms with Crippen molar-refractivity contribution < 1.29 is 49.0 Å². The Morgan fingerprint density at radius 2 is 1.50 bits per heavy atom. The number of ether oxygens (including phenoxy) is 1. The molecule has 0 aliphatic heterocycles. The zero-order chi connectivity index (χ0) is 17.5. The standard InChI is InChI=1S/C11H5F9O2/c1-22-7-5(2-4(12)3-6(7)13)8(21)9(14,15)10(16,17)11(18,19)20/h2-3H,1H3. The van der Waals surface area contributed by atoms with Crippen LogP contribution in [-0.2, 0) is 0 Å². The Bertz CT molecular complexity index is 592. The number of carbonyl (C=O) groups is 1. The Labute approximate surface area is 116 Å². The topological polar surface area (TPSA) is 26.3 Å². The van der Waals surface area contributed by atoms with Crippen molar-refractivity contribution in [3.63, 3.8) is 0 Å². The number of Topliss-reactive ketones (excluding diaryl/α,β-unsaturated/α-hetero) is 1. The maximum atomic E-state index is 13.2. The van der Waals surface area contributed by atoms with E-state index in [1.54, 1.807) is 0 Å². The van der Waals surface area contributed by atoms with Crippen molar-refractivity contribution in [2.75, 3.05) is 7.11 Å². The average Bonchev–Trinajstić information content (AvgIpc) is 2.35. The lowest BCUT2D eigenvalue weighted by atomic mass is 9.98. The molecule has 0 N–H and O–H groups in total. The lowest BCUT2D eigenvalue weighted by Gasteiger charge is -2.27. The molecule has 0 atom stereocenters. The van der Waals surface area contributed by atoms with Gasteiger partial charge in [0.1, 0.15) is 5.82 Å². The molecule has 0 aromatic heterocycles. The zero-order valence-electron chi connectivity index (χ0n) is 10.4. The molecule has 0 saturated heterocycles. The predicted octanol–water partition coefficient (Wildman–Crippen LogP) is 3.99. The third-order valence-electron chi connectivity index (χ3n) is 2.49. The van der Waals surface area contributed by atoms with Crippen LogP contribution in [0, 0.1) is 11.6 Å². The van der Waals surface area contributed by atoms with E-state index in [1.165, 1.54) is 0 Å². The smallest absolute Gasteiger partial charge is 0.460 e. The van der Waals surface area contributed by atoms with Gasteiger partial charge in [0.05, 0.1) is 12.7 Å². The fraction of sp³-hybridized carbons (Fsp3) is 0.364. The van der Waals surface area contributed by atoms with Crippen LogP contribution in [0.5, 0.6) is 5.75 Å². The summed E-state index contributed by atoms with van der Waals surface area (Å²) in [4.78, 5) is 11.3. The number of benzene rings is 1. The predicted molar refractivity (Wildman–Crippen MR) is 53.2 cm³/mol. The van der Waals surface area contributed by atoms with Gasteiger partial charge in [-0.2, -0.15) is 30.7 Å². The van der Waals surface area contributed by atoms with Gasteiger partial charge in [-0.05, 0) is 6.07 Å². The van der Waals surface area contributed by atoms with Gasteiger partial charge in [0.15, 0.2) is 11.6 Å². The molecule has 0 amide bonds. The van der Waals surface area contributed by atoms with Crippen molar-refractivity contribution in [1.82, 2.24) is 0 Å². The van der Waals surface area contributed by atoms with E-state index < -0.39 is 46.8 Å². The quantitative estimate of drug-likeness (QED) is 0.612. The van der Waals surface area contributed by atoms with Crippen molar-refractivity contribution in [2.24, 2.45) is 0 Å². The SMILES string of the molecule is COc1c(F)cc(F)cc1C(=O)C(F)(F)C(F)(F)C(F)(F)F. The van der Waals surface area contributed by atoms with E-state index >= 15 is 0 Å². The second-order valence-corrected chi connectivity index (χ2v) is 3.94. The summed E-state index contributed by atoms with van der Waals surface area (Å²) in [5, 5.41) is 0. The number of halogens is 9. The summed E-state index contributed by atoms with van der Waals surface area (Å²) >= 11 is 0. The van der Waals surface area contributed by atoms with Crippen LogP contribution in [0.4, 0.5) is 39.5 Å². The van der Waals surface area contributed by atoms with Crippen LogP contribution < -0.4 is 4.74 Å².